The molecule has 0 bridgehead atoms. The maximum atomic E-state index is 5.52. The van der Waals surface area contributed by atoms with Crippen molar-refractivity contribution in [2.45, 2.75) is 31.2 Å². The van der Waals surface area contributed by atoms with Gasteiger partial charge in [-0.2, -0.15) is 0 Å². The van der Waals surface area contributed by atoms with E-state index in [0.717, 1.165) is 36.4 Å². The first-order chi connectivity index (χ1) is 8.76. The van der Waals surface area contributed by atoms with Crippen LogP contribution in [0.5, 0.6) is 0 Å². The highest BCUT2D eigenvalue weighted by atomic mass is 79.9. The number of nitrogens with one attached hydrogen (secondary N) is 1. The van der Waals surface area contributed by atoms with Crippen molar-refractivity contribution in [1.82, 2.24) is 5.32 Å². The molecule has 0 amide bonds. The van der Waals surface area contributed by atoms with Gasteiger partial charge in [0.2, 0.25) is 0 Å². The van der Waals surface area contributed by atoms with Gasteiger partial charge in [0.25, 0.3) is 0 Å². The van der Waals surface area contributed by atoms with E-state index in [1.54, 1.807) is 0 Å². The summed E-state index contributed by atoms with van der Waals surface area (Å²) in [7, 11) is 0. The summed E-state index contributed by atoms with van der Waals surface area (Å²) in [6.07, 6.45) is 1.16. The lowest BCUT2D eigenvalue weighted by molar-refractivity contribution is 0.128. The summed E-state index contributed by atoms with van der Waals surface area (Å²) < 4.78 is 6.65. The van der Waals surface area contributed by atoms with Gasteiger partial charge >= 0.3 is 0 Å². The van der Waals surface area contributed by atoms with Gasteiger partial charge < -0.3 is 10.1 Å². The molecule has 0 aliphatic rings. The fourth-order valence-electron chi connectivity index (χ4n) is 1.53. The van der Waals surface area contributed by atoms with E-state index in [-0.39, 0.29) is 0 Å². The first-order valence-corrected chi connectivity index (χ1v) is 8.23. The highest BCUT2D eigenvalue weighted by molar-refractivity contribution is 9.10. The number of rotatable bonds is 9. The topological polar surface area (TPSA) is 21.3 Å². The van der Waals surface area contributed by atoms with Gasteiger partial charge in [0.1, 0.15) is 0 Å². The molecular weight excluding hydrogens is 310 g/mol. The average molecular weight is 332 g/mol. The molecule has 1 aromatic carbocycles. The minimum atomic E-state index is 0.425. The van der Waals surface area contributed by atoms with Gasteiger partial charge in [-0.15, -0.1) is 11.8 Å². The summed E-state index contributed by atoms with van der Waals surface area (Å²) in [5.74, 6) is 1.04. The third-order valence-corrected chi connectivity index (χ3v) is 4.10. The van der Waals surface area contributed by atoms with Crippen molar-refractivity contribution in [3.63, 3.8) is 0 Å². The van der Waals surface area contributed by atoms with Crippen LogP contribution in [-0.2, 0) is 4.74 Å². The molecule has 1 rings (SSSR count). The summed E-state index contributed by atoms with van der Waals surface area (Å²) in [5.41, 5.74) is 0. The fourth-order valence-corrected chi connectivity index (χ4v) is 3.07. The van der Waals surface area contributed by atoms with Gasteiger partial charge in [-0.05, 0) is 38.1 Å². The molecule has 1 aromatic rings. The third kappa shape index (κ3) is 6.78. The van der Waals surface area contributed by atoms with Gasteiger partial charge in [-0.3, -0.25) is 0 Å². The Kier molecular flexibility index (Phi) is 8.76. The Morgan fingerprint density at radius 1 is 1.39 bits per heavy atom. The van der Waals surface area contributed by atoms with Crippen LogP contribution in [0.1, 0.15) is 20.3 Å². The minimum Gasteiger partial charge on any atom is -0.380 e. The van der Waals surface area contributed by atoms with Gasteiger partial charge in [0.05, 0.1) is 6.61 Å². The van der Waals surface area contributed by atoms with E-state index >= 15 is 0 Å². The first kappa shape index (κ1) is 16.0. The highest BCUT2D eigenvalue weighted by Gasteiger charge is 2.08. The Balaban J connectivity index is 2.39. The zero-order chi connectivity index (χ0) is 13.2. The van der Waals surface area contributed by atoms with E-state index in [1.807, 2.05) is 18.7 Å². The molecule has 0 fully saturated rings. The van der Waals surface area contributed by atoms with Crippen molar-refractivity contribution in [2.24, 2.45) is 0 Å². The van der Waals surface area contributed by atoms with Gasteiger partial charge in [0, 0.05) is 27.8 Å². The van der Waals surface area contributed by atoms with Crippen LogP contribution in [0.4, 0.5) is 0 Å². The minimum absolute atomic E-state index is 0.425. The molecule has 0 aliphatic heterocycles. The molecular formula is C14H22BrNOS. The maximum absolute atomic E-state index is 5.52. The molecule has 4 heteroatoms. The SMILES string of the molecule is CCCNC(COCC)CSc1cccc(Br)c1. The lowest BCUT2D eigenvalue weighted by atomic mass is 10.3. The number of hydrogen-bond donors (Lipinski definition) is 1. The molecule has 0 saturated heterocycles. The standard InChI is InChI=1S/C14H22BrNOS/c1-3-8-16-13(10-17-4-2)11-18-14-7-5-6-12(15)9-14/h5-7,9,13,16H,3-4,8,10-11H2,1-2H3. The van der Waals surface area contributed by atoms with Crippen LogP contribution in [0, 0.1) is 0 Å². The normalized spacial score (nSPS) is 12.6. The van der Waals surface area contributed by atoms with Crippen LogP contribution in [0.25, 0.3) is 0 Å². The lowest BCUT2D eigenvalue weighted by Gasteiger charge is -2.18. The van der Waals surface area contributed by atoms with Crippen molar-refractivity contribution in [2.75, 3.05) is 25.5 Å². The zero-order valence-corrected chi connectivity index (χ0v) is 13.5. The van der Waals surface area contributed by atoms with E-state index < -0.39 is 0 Å². The molecule has 2 nitrogen and oxygen atoms in total. The van der Waals surface area contributed by atoms with Crippen LogP contribution in [0.3, 0.4) is 0 Å². The lowest BCUT2D eigenvalue weighted by Crippen LogP contribution is -2.36. The number of ether oxygens (including phenoxy) is 1. The highest BCUT2D eigenvalue weighted by Crippen LogP contribution is 2.22. The Bertz CT molecular complexity index is 327. The molecule has 0 aliphatic carbocycles. The fraction of sp³-hybridized carbons (Fsp3) is 0.571. The van der Waals surface area contributed by atoms with Crippen LogP contribution in [-0.4, -0.2) is 31.6 Å². The van der Waals surface area contributed by atoms with Gasteiger partial charge in [-0.1, -0.05) is 28.9 Å². The Hall–Kier alpha value is -0.0300. The maximum Gasteiger partial charge on any atom is 0.0627 e. The second-order valence-corrected chi connectivity index (χ2v) is 6.09. The first-order valence-electron chi connectivity index (χ1n) is 6.45. The monoisotopic (exact) mass is 331 g/mol. The molecule has 0 heterocycles. The molecule has 1 N–H and O–H groups in total. The average Bonchev–Trinajstić information content (AvgIpc) is 2.38. The van der Waals surface area contributed by atoms with Gasteiger partial charge in [-0.25, -0.2) is 0 Å². The predicted molar refractivity (Wildman–Crippen MR) is 83.4 cm³/mol. The van der Waals surface area contributed by atoms with Crippen molar-refractivity contribution in [3.8, 4) is 0 Å². The molecule has 1 unspecified atom stereocenters. The second kappa shape index (κ2) is 9.84. The quantitative estimate of drug-likeness (QED) is 0.692. The predicted octanol–water partition coefficient (Wildman–Crippen LogP) is 3.95. The molecule has 18 heavy (non-hydrogen) atoms. The molecule has 0 radical (unpaired) electrons. The van der Waals surface area contributed by atoms with Gasteiger partial charge in [0.15, 0.2) is 0 Å². The van der Waals surface area contributed by atoms with Crippen molar-refractivity contribution >= 4 is 27.7 Å². The summed E-state index contributed by atoms with van der Waals surface area (Å²) in [6.45, 7) is 6.85. The van der Waals surface area contributed by atoms with Crippen molar-refractivity contribution in [3.05, 3.63) is 28.7 Å². The number of benzene rings is 1. The van der Waals surface area contributed by atoms with E-state index in [4.69, 9.17) is 4.74 Å². The van der Waals surface area contributed by atoms with Crippen LogP contribution < -0.4 is 5.32 Å². The summed E-state index contributed by atoms with van der Waals surface area (Å²) in [4.78, 5) is 1.30. The van der Waals surface area contributed by atoms with Crippen LogP contribution >= 0.6 is 27.7 Å². The Morgan fingerprint density at radius 3 is 2.89 bits per heavy atom. The third-order valence-electron chi connectivity index (χ3n) is 2.45. The van der Waals surface area contributed by atoms with E-state index in [1.165, 1.54) is 4.90 Å². The largest absolute Gasteiger partial charge is 0.380 e. The van der Waals surface area contributed by atoms with Crippen LogP contribution in [0.2, 0.25) is 0 Å². The van der Waals surface area contributed by atoms with E-state index in [0.29, 0.717) is 6.04 Å². The van der Waals surface area contributed by atoms with Crippen molar-refractivity contribution in [1.29, 1.82) is 0 Å². The summed E-state index contributed by atoms with van der Waals surface area (Å²) in [6, 6.07) is 8.85. The summed E-state index contributed by atoms with van der Waals surface area (Å²) >= 11 is 5.37. The van der Waals surface area contributed by atoms with E-state index in [2.05, 4.69) is 52.4 Å². The molecule has 1 atom stereocenters. The summed E-state index contributed by atoms with van der Waals surface area (Å²) in [5, 5.41) is 3.53. The molecule has 0 aromatic heterocycles. The molecule has 0 saturated carbocycles. The zero-order valence-electron chi connectivity index (χ0n) is 11.1. The smallest absolute Gasteiger partial charge is 0.0627 e. The van der Waals surface area contributed by atoms with Crippen molar-refractivity contribution < 1.29 is 4.74 Å². The van der Waals surface area contributed by atoms with E-state index in [9.17, 15) is 0 Å². The molecule has 0 spiro atoms. The molecule has 102 valence electrons. The number of halogens is 1. The second-order valence-electron chi connectivity index (χ2n) is 4.08. The number of thioether (sulfide) groups is 1. The number of hydrogen-bond acceptors (Lipinski definition) is 3. The Labute approximate surface area is 123 Å². The Morgan fingerprint density at radius 2 is 2.22 bits per heavy atom. The van der Waals surface area contributed by atoms with Crippen LogP contribution in [0.15, 0.2) is 33.6 Å².